The molecule has 0 atom stereocenters. The maximum atomic E-state index is 12.6. The molecule has 0 radical (unpaired) electrons. The van der Waals surface area contributed by atoms with E-state index in [1.165, 1.54) is 28.2 Å². The Morgan fingerprint density at radius 2 is 1.81 bits per heavy atom. The van der Waals surface area contributed by atoms with Crippen LogP contribution in [0.2, 0.25) is 5.02 Å². The molecule has 2 aromatic rings. The molecule has 0 aliphatic heterocycles. The van der Waals surface area contributed by atoms with E-state index >= 15 is 0 Å². The van der Waals surface area contributed by atoms with E-state index in [9.17, 15) is 13.2 Å². The molecule has 0 aliphatic rings. The number of anilines is 1. The summed E-state index contributed by atoms with van der Waals surface area (Å²) < 4.78 is 26.5. The zero-order valence-electron chi connectivity index (χ0n) is 14.6. The highest BCUT2D eigenvalue weighted by Crippen LogP contribution is 2.26. The maximum Gasteiger partial charge on any atom is 0.243 e. The number of carbonyl (C=O) groups excluding carboxylic acids is 1. The first-order chi connectivity index (χ1) is 12.4. The molecule has 0 unspecified atom stereocenters. The van der Waals surface area contributed by atoms with Crippen molar-refractivity contribution in [2.24, 2.45) is 0 Å². The van der Waals surface area contributed by atoms with Crippen molar-refractivity contribution in [2.75, 3.05) is 24.2 Å². The summed E-state index contributed by atoms with van der Waals surface area (Å²) in [5, 5.41) is 3.33. The number of sulfonamides is 1. The average Bonchev–Trinajstić information content (AvgIpc) is 2.62. The SMILES string of the molecule is CCN(CC)S(=O)(=O)c1cccc(NC(=O)CSc2ccccc2Cl)c1. The summed E-state index contributed by atoms with van der Waals surface area (Å²) in [4.78, 5) is 13.2. The molecule has 0 saturated heterocycles. The fraction of sp³-hybridized carbons (Fsp3) is 0.278. The Morgan fingerprint density at radius 3 is 2.46 bits per heavy atom. The van der Waals surface area contributed by atoms with E-state index in [2.05, 4.69) is 5.32 Å². The van der Waals surface area contributed by atoms with Gasteiger partial charge in [0, 0.05) is 23.7 Å². The summed E-state index contributed by atoms with van der Waals surface area (Å²) in [6.45, 7) is 4.37. The van der Waals surface area contributed by atoms with Crippen molar-refractivity contribution < 1.29 is 13.2 Å². The molecule has 1 N–H and O–H groups in total. The molecule has 0 fully saturated rings. The van der Waals surface area contributed by atoms with Crippen LogP contribution in [-0.4, -0.2) is 37.5 Å². The van der Waals surface area contributed by atoms with Crippen LogP contribution in [-0.2, 0) is 14.8 Å². The lowest BCUT2D eigenvalue weighted by molar-refractivity contribution is -0.113. The summed E-state index contributed by atoms with van der Waals surface area (Å²) in [6, 6.07) is 13.6. The van der Waals surface area contributed by atoms with Gasteiger partial charge in [-0.2, -0.15) is 4.31 Å². The van der Waals surface area contributed by atoms with Gasteiger partial charge in [0.2, 0.25) is 15.9 Å². The van der Waals surface area contributed by atoms with E-state index in [4.69, 9.17) is 11.6 Å². The number of hydrogen-bond donors (Lipinski definition) is 1. The molecule has 1 amide bonds. The van der Waals surface area contributed by atoms with Crippen molar-refractivity contribution >= 4 is 45.0 Å². The molecule has 5 nitrogen and oxygen atoms in total. The van der Waals surface area contributed by atoms with Crippen molar-refractivity contribution in [3.8, 4) is 0 Å². The van der Waals surface area contributed by atoms with Crippen molar-refractivity contribution in [2.45, 2.75) is 23.6 Å². The molecule has 0 bridgehead atoms. The number of nitrogens with one attached hydrogen (secondary N) is 1. The minimum atomic E-state index is -3.56. The summed E-state index contributed by atoms with van der Waals surface area (Å²) in [5.41, 5.74) is 0.447. The van der Waals surface area contributed by atoms with E-state index in [-0.39, 0.29) is 16.6 Å². The van der Waals surface area contributed by atoms with E-state index in [0.29, 0.717) is 23.8 Å². The lowest BCUT2D eigenvalue weighted by atomic mass is 10.3. The minimum absolute atomic E-state index is 0.165. The van der Waals surface area contributed by atoms with Crippen LogP contribution in [0.1, 0.15) is 13.8 Å². The van der Waals surface area contributed by atoms with Crippen LogP contribution in [0.3, 0.4) is 0 Å². The number of hydrogen-bond acceptors (Lipinski definition) is 4. The predicted molar refractivity (Wildman–Crippen MR) is 107 cm³/mol. The van der Waals surface area contributed by atoms with Crippen molar-refractivity contribution in [3.63, 3.8) is 0 Å². The van der Waals surface area contributed by atoms with Crippen molar-refractivity contribution in [1.82, 2.24) is 4.31 Å². The fourth-order valence-electron chi connectivity index (χ4n) is 2.35. The van der Waals surface area contributed by atoms with Gasteiger partial charge in [0.25, 0.3) is 0 Å². The highest BCUT2D eigenvalue weighted by atomic mass is 35.5. The zero-order valence-corrected chi connectivity index (χ0v) is 17.0. The summed E-state index contributed by atoms with van der Waals surface area (Å²) >= 11 is 7.40. The molecule has 140 valence electrons. The third-order valence-corrected chi connectivity index (χ3v) is 7.22. The molecule has 0 aromatic heterocycles. The van der Waals surface area contributed by atoms with Gasteiger partial charge in [0.05, 0.1) is 15.7 Å². The van der Waals surface area contributed by atoms with Crippen LogP contribution in [0.5, 0.6) is 0 Å². The molecule has 2 rings (SSSR count). The van der Waals surface area contributed by atoms with Gasteiger partial charge in [-0.05, 0) is 30.3 Å². The normalized spacial score (nSPS) is 11.5. The van der Waals surface area contributed by atoms with Crippen LogP contribution in [0.4, 0.5) is 5.69 Å². The van der Waals surface area contributed by atoms with Crippen LogP contribution in [0.15, 0.2) is 58.3 Å². The Balaban J connectivity index is 2.06. The standard InChI is InChI=1S/C18H21ClN2O3S2/c1-3-21(4-2)26(23,24)15-9-7-8-14(12-15)20-18(22)13-25-17-11-6-5-10-16(17)19/h5-12H,3-4,13H2,1-2H3,(H,20,22). The Bertz CT molecular complexity index is 868. The number of carbonyl (C=O) groups is 1. The third-order valence-electron chi connectivity index (χ3n) is 3.66. The van der Waals surface area contributed by atoms with Crippen LogP contribution in [0, 0.1) is 0 Å². The quantitative estimate of drug-likeness (QED) is 0.663. The lowest BCUT2D eigenvalue weighted by Crippen LogP contribution is -2.30. The molecular weight excluding hydrogens is 392 g/mol. The molecule has 0 saturated carbocycles. The molecule has 0 spiro atoms. The molecule has 0 aliphatic carbocycles. The van der Waals surface area contributed by atoms with Gasteiger partial charge in [0.15, 0.2) is 0 Å². The summed E-state index contributed by atoms with van der Waals surface area (Å²) in [5.74, 6) is -0.0520. The van der Waals surface area contributed by atoms with Crippen molar-refractivity contribution in [3.05, 3.63) is 53.6 Å². The zero-order chi connectivity index (χ0) is 19.2. The molecular formula is C18H21ClN2O3S2. The van der Waals surface area contributed by atoms with Gasteiger partial charge < -0.3 is 5.32 Å². The van der Waals surface area contributed by atoms with E-state index in [1.807, 2.05) is 18.2 Å². The first kappa shape index (κ1) is 20.8. The molecule has 0 heterocycles. The smallest absolute Gasteiger partial charge is 0.243 e. The Morgan fingerprint density at radius 1 is 1.12 bits per heavy atom. The van der Waals surface area contributed by atoms with Gasteiger partial charge in [0.1, 0.15) is 0 Å². The lowest BCUT2D eigenvalue weighted by Gasteiger charge is -2.18. The van der Waals surface area contributed by atoms with Crippen LogP contribution < -0.4 is 5.32 Å². The highest BCUT2D eigenvalue weighted by molar-refractivity contribution is 8.00. The number of thioether (sulfide) groups is 1. The summed E-state index contributed by atoms with van der Waals surface area (Å²) in [7, 11) is -3.56. The Hall–Kier alpha value is -1.54. The van der Waals surface area contributed by atoms with Gasteiger partial charge in [-0.1, -0.05) is 43.6 Å². The van der Waals surface area contributed by atoms with Gasteiger partial charge in [-0.3, -0.25) is 4.79 Å². The predicted octanol–water partition coefficient (Wildman–Crippen LogP) is 4.10. The number of rotatable bonds is 8. The third kappa shape index (κ3) is 5.23. The van der Waals surface area contributed by atoms with Gasteiger partial charge in [-0.15, -0.1) is 11.8 Å². The largest absolute Gasteiger partial charge is 0.325 e. The maximum absolute atomic E-state index is 12.6. The Labute approximate surface area is 163 Å². The first-order valence-corrected chi connectivity index (χ1v) is 11.0. The number of halogens is 1. The van der Waals surface area contributed by atoms with E-state index in [0.717, 1.165) is 4.90 Å². The average molecular weight is 413 g/mol. The first-order valence-electron chi connectivity index (χ1n) is 8.15. The monoisotopic (exact) mass is 412 g/mol. The highest BCUT2D eigenvalue weighted by Gasteiger charge is 2.21. The van der Waals surface area contributed by atoms with Crippen molar-refractivity contribution in [1.29, 1.82) is 0 Å². The second-order valence-corrected chi connectivity index (χ2v) is 8.75. The topological polar surface area (TPSA) is 66.5 Å². The second kappa shape index (κ2) is 9.41. The van der Waals surface area contributed by atoms with Crippen LogP contribution in [0.25, 0.3) is 0 Å². The molecule has 26 heavy (non-hydrogen) atoms. The van der Waals surface area contributed by atoms with E-state index < -0.39 is 10.0 Å². The number of benzene rings is 2. The molecule has 2 aromatic carbocycles. The van der Waals surface area contributed by atoms with Crippen LogP contribution >= 0.6 is 23.4 Å². The molecule has 8 heteroatoms. The number of amides is 1. The van der Waals surface area contributed by atoms with Gasteiger partial charge >= 0.3 is 0 Å². The minimum Gasteiger partial charge on any atom is -0.325 e. The van der Waals surface area contributed by atoms with E-state index in [1.54, 1.807) is 32.0 Å². The van der Waals surface area contributed by atoms with Gasteiger partial charge in [-0.25, -0.2) is 8.42 Å². The summed E-state index contributed by atoms with van der Waals surface area (Å²) in [6.07, 6.45) is 0. The fourth-order valence-corrected chi connectivity index (χ4v) is 4.89. The Kier molecular flexibility index (Phi) is 7.52. The number of nitrogens with zero attached hydrogens (tertiary/aromatic N) is 1. The second-order valence-electron chi connectivity index (χ2n) is 5.38.